The van der Waals surface area contributed by atoms with Crippen LogP contribution in [-0.2, 0) is 0 Å². The Morgan fingerprint density at radius 3 is 1.50 bits per heavy atom. The van der Waals surface area contributed by atoms with Gasteiger partial charge < -0.3 is 17.5 Å². The van der Waals surface area contributed by atoms with Crippen LogP contribution < -0.4 is 28.1 Å². The van der Waals surface area contributed by atoms with Crippen LogP contribution in [0.25, 0.3) is 0 Å². The van der Waals surface area contributed by atoms with E-state index < -0.39 is 7.92 Å². The van der Waals surface area contributed by atoms with Gasteiger partial charge in [0, 0.05) is 0 Å². The molecule has 0 aliphatic carbocycles. The summed E-state index contributed by atoms with van der Waals surface area (Å²) < 4.78 is 0. The zero-order valence-corrected chi connectivity index (χ0v) is 13.2. The zero-order chi connectivity index (χ0) is 11.2. The normalized spacial score (nSPS) is 9.44. The average Bonchev–Trinajstić information content (AvgIpc) is 2.38. The summed E-state index contributed by atoms with van der Waals surface area (Å²) in [6.07, 6.45) is 0.726. The van der Waals surface area contributed by atoms with E-state index in [0.717, 1.165) is 6.16 Å². The summed E-state index contributed by atoms with van der Waals surface area (Å²) in [5.74, 6) is 0. The molecule has 2 aromatic carbocycles. The van der Waals surface area contributed by atoms with Crippen LogP contribution >= 0.6 is 7.92 Å². The largest absolute Gasteiger partial charge is 2.00 e. The van der Waals surface area contributed by atoms with Crippen LogP contribution in [0.15, 0.2) is 60.7 Å². The van der Waals surface area contributed by atoms with Crippen molar-refractivity contribution in [2.75, 3.05) is 12.8 Å². The predicted octanol–water partition coefficient (Wildman–Crippen LogP) is -1.90. The quantitative estimate of drug-likeness (QED) is 0.476. The maximum absolute atomic E-state index is 10.9. The van der Waals surface area contributed by atoms with E-state index in [1.807, 2.05) is 36.4 Å². The van der Waals surface area contributed by atoms with Crippen LogP contribution in [0.2, 0.25) is 0 Å². The molecule has 2 aromatic rings. The molecular weight excluding hydrogens is 275 g/mol. The van der Waals surface area contributed by atoms with Gasteiger partial charge in [0.1, 0.15) is 0 Å². The Morgan fingerprint density at radius 2 is 1.17 bits per heavy atom. The molecule has 0 atom stereocenters. The molecule has 0 amide bonds. The molecule has 0 saturated heterocycles. The third-order valence-corrected chi connectivity index (χ3v) is 4.92. The molecule has 0 N–H and O–H groups in total. The van der Waals surface area contributed by atoms with Gasteiger partial charge in [-0.25, -0.2) is 0 Å². The molecule has 0 aliphatic heterocycles. The van der Waals surface area contributed by atoms with Crippen molar-refractivity contribution in [1.82, 2.24) is 0 Å². The second kappa shape index (κ2) is 9.77. The predicted molar refractivity (Wildman–Crippen MR) is 74.6 cm³/mol. The van der Waals surface area contributed by atoms with E-state index in [9.17, 15) is 5.11 Å². The zero-order valence-electron chi connectivity index (χ0n) is 10.1. The number of halogens is 1. The van der Waals surface area contributed by atoms with Gasteiger partial charge in [-0.2, -0.15) is 0 Å². The molecule has 1 nitrogen and oxygen atoms in total. The summed E-state index contributed by atoms with van der Waals surface area (Å²) in [4.78, 5) is 0. The van der Waals surface area contributed by atoms with Crippen molar-refractivity contribution in [3.05, 3.63) is 60.7 Å². The number of hydrogen-bond acceptors (Lipinski definition) is 1. The van der Waals surface area contributed by atoms with E-state index in [-0.39, 0.29) is 42.1 Å². The van der Waals surface area contributed by atoms with Gasteiger partial charge in [0.05, 0.1) is 0 Å². The molecule has 0 radical (unpaired) electrons. The molecule has 0 aliphatic rings. The molecule has 4 heteroatoms. The molecule has 0 bridgehead atoms. The van der Waals surface area contributed by atoms with Crippen LogP contribution in [-0.4, -0.2) is 35.8 Å². The Morgan fingerprint density at radius 1 is 0.778 bits per heavy atom. The van der Waals surface area contributed by atoms with Gasteiger partial charge in [0.2, 0.25) is 0 Å². The molecule has 18 heavy (non-hydrogen) atoms. The summed E-state index contributed by atoms with van der Waals surface area (Å²) in [5, 5.41) is 13.5. The van der Waals surface area contributed by atoms with Crippen molar-refractivity contribution in [3.8, 4) is 0 Å². The van der Waals surface area contributed by atoms with Gasteiger partial charge in [0.15, 0.2) is 0 Å². The number of rotatable bonds is 4. The topological polar surface area (TPSA) is 23.1 Å². The van der Waals surface area contributed by atoms with Gasteiger partial charge in [-0.05, 0) is 24.7 Å². The van der Waals surface area contributed by atoms with E-state index in [1.54, 1.807) is 0 Å². The molecule has 0 spiro atoms. The molecule has 0 fully saturated rings. The first-order valence-corrected chi connectivity index (χ1v) is 6.90. The second-order valence-electron chi connectivity index (χ2n) is 3.53. The van der Waals surface area contributed by atoms with Crippen molar-refractivity contribution in [2.45, 2.75) is 0 Å². The third kappa shape index (κ3) is 4.87. The van der Waals surface area contributed by atoms with Gasteiger partial charge >= 0.3 is 23.1 Å². The first-order valence-electron chi connectivity index (χ1n) is 5.37. The van der Waals surface area contributed by atoms with Crippen LogP contribution in [0.1, 0.15) is 0 Å². The molecule has 2 rings (SSSR count). The fourth-order valence-corrected chi connectivity index (χ4v) is 3.78. The maximum atomic E-state index is 10.9. The summed E-state index contributed by atoms with van der Waals surface area (Å²) in [6, 6.07) is 20.7. The van der Waals surface area contributed by atoms with Crippen molar-refractivity contribution in [3.63, 3.8) is 0 Å². The monoisotopic (exact) mass is 288 g/mol. The minimum atomic E-state index is -0.463. The summed E-state index contributed by atoms with van der Waals surface area (Å²) in [7, 11) is -0.463. The average molecular weight is 289 g/mol. The van der Waals surface area contributed by atoms with Gasteiger partial charge in [-0.15, -0.1) is 6.61 Å². The minimum Gasteiger partial charge on any atom is -1.00 e. The Kier molecular flexibility index (Phi) is 9.71. The molecule has 0 aromatic heterocycles. The van der Waals surface area contributed by atoms with Gasteiger partial charge in [0.25, 0.3) is 0 Å². The van der Waals surface area contributed by atoms with Gasteiger partial charge in [-0.1, -0.05) is 60.7 Å². The van der Waals surface area contributed by atoms with Crippen LogP contribution in [0, 0.1) is 0 Å². The van der Waals surface area contributed by atoms with Gasteiger partial charge in [-0.3, -0.25) is 0 Å². The molecule has 0 heterocycles. The summed E-state index contributed by atoms with van der Waals surface area (Å²) in [5.41, 5.74) is 0. The fourth-order valence-electron chi connectivity index (χ4n) is 1.71. The van der Waals surface area contributed by atoms with Crippen LogP contribution in [0.5, 0.6) is 0 Å². The number of benzene rings is 2. The Labute approximate surface area is 132 Å². The second-order valence-corrected chi connectivity index (χ2v) is 5.86. The van der Waals surface area contributed by atoms with Crippen molar-refractivity contribution < 1.29 is 17.5 Å². The van der Waals surface area contributed by atoms with Crippen LogP contribution in [0.4, 0.5) is 0 Å². The van der Waals surface area contributed by atoms with Crippen molar-refractivity contribution in [2.24, 2.45) is 0 Å². The van der Waals surface area contributed by atoms with E-state index in [0.29, 0.717) is 0 Å². The van der Waals surface area contributed by atoms with E-state index in [2.05, 4.69) is 24.3 Å². The Balaban J connectivity index is 0.00000144. The third-order valence-electron chi connectivity index (χ3n) is 2.45. The standard InChI is InChI=1S/C14H14OP.ClH.Mg/c15-11-12-16(13-7-3-1-4-8-13)14-9-5-2-6-10-14;;/h1-10H,11-12H2;1H;/q-1;;+2/p-1. The molecule has 0 unspecified atom stereocenters. The SMILES string of the molecule is [Cl-].[Mg+2].[O-]CCP(c1ccccc1)c1ccccc1. The number of hydrogen-bond donors (Lipinski definition) is 0. The van der Waals surface area contributed by atoms with Crippen LogP contribution in [0.3, 0.4) is 0 Å². The minimum absolute atomic E-state index is 0. The smallest absolute Gasteiger partial charge is 1.00 e. The molecule has 0 saturated carbocycles. The van der Waals surface area contributed by atoms with Crippen molar-refractivity contribution >= 4 is 41.6 Å². The fraction of sp³-hybridized carbons (Fsp3) is 0.143. The Hall–Kier alpha value is -0.114. The van der Waals surface area contributed by atoms with E-state index >= 15 is 0 Å². The first kappa shape index (κ1) is 17.9. The van der Waals surface area contributed by atoms with E-state index in [1.165, 1.54) is 10.6 Å². The summed E-state index contributed by atoms with van der Waals surface area (Å²) >= 11 is 0. The molecular formula is C14H14ClMgOP. The first-order chi connectivity index (χ1) is 7.92. The van der Waals surface area contributed by atoms with Crippen molar-refractivity contribution in [1.29, 1.82) is 0 Å². The molecule has 90 valence electrons. The maximum Gasteiger partial charge on any atom is 2.00 e. The van der Waals surface area contributed by atoms with E-state index in [4.69, 9.17) is 0 Å². The Bertz CT molecular complexity index is 385. The summed E-state index contributed by atoms with van der Waals surface area (Å²) in [6.45, 7) is -0.00447.